The van der Waals surface area contributed by atoms with Crippen molar-refractivity contribution in [3.8, 4) is 0 Å². The molecule has 16 heavy (non-hydrogen) atoms. The van der Waals surface area contributed by atoms with Gasteiger partial charge >= 0.3 is 0 Å². The average Bonchev–Trinajstić information content (AvgIpc) is 2.30. The lowest BCUT2D eigenvalue weighted by molar-refractivity contribution is 0.426. The Labute approximate surface area is 102 Å². The minimum atomic E-state index is 1.12. The van der Waals surface area contributed by atoms with Gasteiger partial charge in [-0.2, -0.15) is 0 Å². The van der Waals surface area contributed by atoms with E-state index in [2.05, 4.69) is 32.6 Å². The molecular weight excluding hydrogens is 218 g/mol. The molecule has 0 unspecified atom stereocenters. The van der Waals surface area contributed by atoms with Gasteiger partial charge in [0.05, 0.1) is 0 Å². The highest BCUT2D eigenvalue weighted by Crippen LogP contribution is 2.15. The molecule has 4 heteroatoms. The molecule has 88 valence electrons. The normalized spacial score (nSPS) is 19.2. The highest BCUT2D eigenvalue weighted by atomic mass is 32.2. The van der Waals surface area contributed by atoms with Gasteiger partial charge < -0.3 is 4.90 Å². The lowest BCUT2D eigenvalue weighted by Gasteiger charge is -2.29. The topological polar surface area (TPSA) is 19.4 Å². The first kappa shape index (κ1) is 11.7. The fourth-order valence-corrected chi connectivity index (χ4v) is 2.68. The van der Waals surface area contributed by atoms with E-state index in [0.717, 1.165) is 18.9 Å². The molecule has 0 N–H and O–H groups in total. The fraction of sp³-hybridized carbons (Fsp3) is 0.583. The number of anilines is 1. The lowest BCUT2D eigenvalue weighted by Crippen LogP contribution is -2.34. The maximum Gasteiger partial charge on any atom is 0.128 e. The third-order valence-corrected chi connectivity index (χ3v) is 3.78. The van der Waals surface area contributed by atoms with E-state index in [-0.39, 0.29) is 0 Å². The van der Waals surface area contributed by atoms with E-state index in [1.807, 2.05) is 24.2 Å². The Balaban J connectivity index is 1.93. The van der Waals surface area contributed by atoms with E-state index in [9.17, 15) is 0 Å². The summed E-state index contributed by atoms with van der Waals surface area (Å²) >= 11 is 1.86. The van der Waals surface area contributed by atoms with Gasteiger partial charge in [0.25, 0.3) is 0 Å². The zero-order chi connectivity index (χ0) is 11.2. The van der Waals surface area contributed by atoms with Crippen LogP contribution in [0.25, 0.3) is 0 Å². The SMILES string of the molecule is CSN1CCCN(c2ccccn2)CCC1. The van der Waals surface area contributed by atoms with Crippen LogP contribution in [0, 0.1) is 0 Å². The first-order valence-corrected chi connectivity index (χ1v) is 7.03. The smallest absolute Gasteiger partial charge is 0.128 e. The summed E-state index contributed by atoms with van der Waals surface area (Å²) in [7, 11) is 0. The van der Waals surface area contributed by atoms with Crippen molar-refractivity contribution >= 4 is 17.8 Å². The third kappa shape index (κ3) is 3.12. The van der Waals surface area contributed by atoms with Gasteiger partial charge in [-0.25, -0.2) is 4.98 Å². The second-order valence-corrected chi connectivity index (χ2v) is 4.88. The monoisotopic (exact) mass is 237 g/mol. The van der Waals surface area contributed by atoms with Gasteiger partial charge in [-0.15, -0.1) is 0 Å². The number of nitrogens with zero attached hydrogens (tertiary/aromatic N) is 3. The number of pyridine rings is 1. The largest absolute Gasteiger partial charge is 0.357 e. The molecule has 1 fully saturated rings. The van der Waals surface area contributed by atoms with Crippen LogP contribution in [0.2, 0.25) is 0 Å². The van der Waals surface area contributed by atoms with Crippen LogP contribution in [0.15, 0.2) is 24.4 Å². The van der Waals surface area contributed by atoms with Crippen LogP contribution >= 0.6 is 11.9 Å². The van der Waals surface area contributed by atoms with E-state index in [4.69, 9.17) is 0 Å². The summed E-state index contributed by atoms with van der Waals surface area (Å²) in [5.41, 5.74) is 0. The molecule has 1 aliphatic rings. The molecular formula is C12H19N3S. The van der Waals surface area contributed by atoms with Gasteiger partial charge in [0.1, 0.15) is 5.82 Å². The van der Waals surface area contributed by atoms with Crippen molar-refractivity contribution < 1.29 is 0 Å². The van der Waals surface area contributed by atoms with E-state index in [0.29, 0.717) is 0 Å². The van der Waals surface area contributed by atoms with Crippen molar-refractivity contribution in [2.75, 3.05) is 37.3 Å². The second kappa shape index (κ2) is 6.11. The molecule has 1 saturated heterocycles. The molecule has 3 nitrogen and oxygen atoms in total. The Hall–Kier alpha value is -0.740. The minimum Gasteiger partial charge on any atom is -0.357 e. The van der Waals surface area contributed by atoms with E-state index >= 15 is 0 Å². The maximum absolute atomic E-state index is 4.42. The molecule has 1 aliphatic heterocycles. The molecule has 0 aromatic carbocycles. The summed E-state index contributed by atoms with van der Waals surface area (Å²) < 4.78 is 2.45. The highest BCUT2D eigenvalue weighted by molar-refractivity contribution is 7.96. The minimum absolute atomic E-state index is 1.12. The summed E-state index contributed by atoms with van der Waals surface area (Å²) in [6.45, 7) is 4.61. The van der Waals surface area contributed by atoms with Crippen molar-refractivity contribution in [3.05, 3.63) is 24.4 Å². The highest BCUT2D eigenvalue weighted by Gasteiger charge is 2.12. The molecule has 0 atom stereocenters. The van der Waals surface area contributed by atoms with E-state index in [1.54, 1.807) is 0 Å². The van der Waals surface area contributed by atoms with Crippen LogP contribution < -0.4 is 4.90 Å². The molecule has 0 saturated carbocycles. The molecule has 0 aliphatic carbocycles. The van der Waals surface area contributed by atoms with Crippen LogP contribution in [0.1, 0.15) is 12.8 Å². The van der Waals surface area contributed by atoms with Crippen LogP contribution in [-0.4, -0.2) is 41.7 Å². The molecule has 0 spiro atoms. The Morgan fingerprint density at radius 1 is 1.12 bits per heavy atom. The maximum atomic E-state index is 4.42. The standard InChI is InChI=1S/C12H19N3S/c1-16-15-10-4-8-14(9-5-11-15)12-6-2-3-7-13-12/h2-3,6-7H,4-5,8-11H2,1H3. The van der Waals surface area contributed by atoms with Gasteiger partial charge in [-0.1, -0.05) is 18.0 Å². The number of aromatic nitrogens is 1. The Bertz CT molecular complexity index is 294. The predicted octanol–water partition coefficient (Wildman–Crippen LogP) is 2.26. The molecule has 0 bridgehead atoms. The van der Waals surface area contributed by atoms with Gasteiger partial charge in [0, 0.05) is 32.4 Å². The Kier molecular flexibility index (Phi) is 4.48. The third-order valence-electron chi connectivity index (χ3n) is 2.90. The quantitative estimate of drug-likeness (QED) is 0.735. The van der Waals surface area contributed by atoms with Crippen LogP contribution in [-0.2, 0) is 0 Å². The van der Waals surface area contributed by atoms with Crippen LogP contribution in [0.4, 0.5) is 5.82 Å². The first-order chi connectivity index (χ1) is 7.90. The first-order valence-electron chi connectivity index (χ1n) is 5.85. The van der Waals surface area contributed by atoms with Crippen molar-refractivity contribution in [2.24, 2.45) is 0 Å². The summed E-state index contributed by atoms with van der Waals surface area (Å²) in [6.07, 6.45) is 6.48. The van der Waals surface area contributed by atoms with Gasteiger partial charge in [0.2, 0.25) is 0 Å². The molecule has 1 aromatic heterocycles. The van der Waals surface area contributed by atoms with Gasteiger partial charge in [-0.05, 0) is 31.2 Å². The zero-order valence-electron chi connectivity index (χ0n) is 9.80. The molecule has 2 rings (SSSR count). The van der Waals surface area contributed by atoms with Crippen molar-refractivity contribution in [1.82, 2.24) is 9.29 Å². The number of hydrogen-bond acceptors (Lipinski definition) is 4. The Morgan fingerprint density at radius 3 is 2.44 bits per heavy atom. The summed E-state index contributed by atoms with van der Waals surface area (Å²) in [6, 6.07) is 6.15. The van der Waals surface area contributed by atoms with Crippen molar-refractivity contribution in [2.45, 2.75) is 12.8 Å². The molecule has 0 amide bonds. The van der Waals surface area contributed by atoms with E-state index < -0.39 is 0 Å². The summed E-state index contributed by atoms with van der Waals surface area (Å²) in [4.78, 5) is 6.82. The van der Waals surface area contributed by atoms with Gasteiger partial charge in [0.15, 0.2) is 0 Å². The lowest BCUT2D eigenvalue weighted by atomic mass is 10.2. The van der Waals surface area contributed by atoms with Crippen molar-refractivity contribution in [1.29, 1.82) is 0 Å². The fourth-order valence-electron chi connectivity index (χ4n) is 2.05. The van der Waals surface area contributed by atoms with E-state index in [1.165, 1.54) is 25.9 Å². The summed E-state index contributed by atoms with van der Waals surface area (Å²) in [5, 5.41) is 0. The van der Waals surface area contributed by atoms with Gasteiger partial charge in [-0.3, -0.25) is 4.31 Å². The molecule has 2 heterocycles. The number of rotatable bonds is 2. The molecule has 0 radical (unpaired) electrons. The summed E-state index contributed by atoms with van der Waals surface area (Å²) in [5.74, 6) is 1.13. The Morgan fingerprint density at radius 2 is 1.88 bits per heavy atom. The van der Waals surface area contributed by atoms with Crippen LogP contribution in [0.3, 0.4) is 0 Å². The van der Waals surface area contributed by atoms with Crippen molar-refractivity contribution in [3.63, 3.8) is 0 Å². The predicted molar refractivity (Wildman–Crippen MR) is 70.8 cm³/mol. The average molecular weight is 237 g/mol. The number of hydrogen-bond donors (Lipinski definition) is 0. The zero-order valence-corrected chi connectivity index (χ0v) is 10.6. The molecule has 1 aromatic rings. The van der Waals surface area contributed by atoms with Crippen LogP contribution in [0.5, 0.6) is 0 Å². The second-order valence-electron chi connectivity index (χ2n) is 3.99.